The van der Waals surface area contributed by atoms with Crippen molar-refractivity contribution in [2.75, 3.05) is 0 Å². The van der Waals surface area contributed by atoms with E-state index in [2.05, 4.69) is 0 Å². The van der Waals surface area contributed by atoms with Crippen LogP contribution in [0, 0.1) is 17.8 Å². The van der Waals surface area contributed by atoms with E-state index in [1.54, 1.807) is 0 Å². The molecule has 2 saturated carbocycles. The van der Waals surface area contributed by atoms with Crippen molar-refractivity contribution < 1.29 is 19.4 Å². The second kappa shape index (κ2) is 7.33. The molecule has 0 spiro atoms. The third-order valence-electron chi connectivity index (χ3n) is 5.78. The van der Waals surface area contributed by atoms with Crippen LogP contribution in [0.15, 0.2) is 54.6 Å². The molecule has 0 bridgehead atoms. The van der Waals surface area contributed by atoms with Crippen LogP contribution >= 0.6 is 12.4 Å². The molecule has 5 nitrogen and oxygen atoms in total. The van der Waals surface area contributed by atoms with Crippen LogP contribution in [-0.4, -0.2) is 22.6 Å². The highest BCUT2D eigenvalue weighted by atomic mass is 35.5. The lowest BCUT2D eigenvalue weighted by Gasteiger charge is -2.25. The largest absolute Gasteiger partial charge is 0.481 e. The van der Waals surface area contributed by atoms with Crippen molar-refractivity contribution in [1.29, 1.82) is 0 Å². The predicted molar refractivity (Wildman–Crippen MR) is 103 cm³/mol. The maximum atomic E-state index is 12.7. The highest BCUT2D eigenvalue weighted by Crippen LogP contribution is 2.61. The molecule has 0 saturated heterocycles. The fourth-order valence-electron chi connectivity index (χ4n) is 4.41. The first-order valence-corrected chi connectivity index (χ1v) is 8.84. The van der Waals surface area contributed by atoms with E-state index in [1.807, 2.05) is 54.6 Å². The van der Waals surface area contributed by atoms with Gasteiger partial charge in [0, 0.05) is 5.92 Å². The number of benzene rings is 2. The van der Waals surface area contributed by atoms with Gasteiger partial charge in [-0.15, -0.1) is 12.4 Å². The Morgan fingerprint density at radius 3 is 2.44 bits per heavy atom. The van der Waals surface area contributed by atoms with Gasteiger partial charge in [0.1, 0.15) is 12.1 Å². The SMILES string of the molecule is Cl.N[C@@]1(C(=O)OCc2ccccc2-c2ccccc2)CC[C@H]2[C@H](C(=O)O)[C@H]21. The molecule has 0 amide bonds. The average molecular weight is 388 g/mol. The summed E-state index contributed by atoms with van der Waals surface area (Å²) in [5.41, 5.74) is 8.08. The Hall–Kier alpha value is -2.37. The Labute approximate surface area is 163 Å². The molecule has 3 N–H and O–H groups in total. The van der Waals surface area contributed by atoms with Gasteiger partial charge in [-0.3, -0.25) is 9.59 Å². The smallest absolute Gasteiger partial charge is 0.326 e. The third-order valence-corrected chi connectivity index (χ3v) is 5.78. The number of rotatable bonds is 5. The van der Waals surface area contributed by atoms with Crippen LogP contribution in [-0.2, 0) is 20.9 Å². The molecule has 0 unspecified atom stereocenters. The number of hydrogen-bond donors (Lipinski definition) is 2. The molecule has 0 heterocycles. The lowest BCUT2D eigenvalue weighted by molar-refractivity contribution is -0.152. The van der Waals surface area contributed by atoms with E-state index in [0.717, 1.165) is 16.7 Å². The summed E-state index contributed by atoms with van der Waals surface area (Å²) in [7, 11) is 0. The van der Waals surface area contributed by atoms with Crippen molar-refractivity contribution >= 4 is 24.3 Å². The number of carbonyl (C=O) groups excluding carboxylic acids is 1. The van der Waals surface area contributed by atoms with Gasteiger partial charge in [0.2, 0.25) is 0 Å². The number of carbonyl (C=O) groups is 2. The van der Waals surface area contributed by atoms with E-state index >= 15 is 0 Å². The van der Waals surface area contributed by atoms with Gasteiger partial charge in [0.15, 0.2) is 0 Å². The van der Waals surface area contributed by atoms with Crippen LogP contribution in [0.5, 0.6) is 0 Å². The van der Waals surface area contributed by atoms with E-state index in [1.165, 1.54) is 0 Å². The summed E-state index contributed by atoms with van der Waals surface area (Å²) in [5.74, 6) is -2.13. The lowest BCUT2D eigenvalue weighted by Crippen LogP contribution is -2.50. The van der Waals surface area contributed by atoms with E-state index in [-0.39, 0.29) is 30.8 Å². The summed E-state index contributed by atoms with van der Waals surface area (Å²) in [4.78, 5) is 23.9. The summed E-state index contributed by atoms with van der Waals surface area (Å²) in [5, 5.41) is 9.24. The number of hydrogen-bond acceptors (Lipinski definition) is 4. The van der Waals surface area contributed by atoms with Gasteiger partial charge in [-0.25, -0.2) is 0 Å². The summed E-state index contributed by atoms with van der Waals surface area (Å²) in [6.07, 6.45) is 1.17. The highest BCUT2D eigenvalue weighted by Gasteiger charge is 2.70. The predicted octanol–water partition coefficient (Wildman–Crippen LogP) is 3.26. The van der Waals surface area contributed by atoms with Crippen molar-refractivity contribution in [3.05, 3.63) is 60.2 Å². The summed E-state index contributed by atoms with van der Waals surface area (Å²) in [6, 6.07) is 17.7. The number of carboxylic acids is 1. The minimum atomic E-state index is -1.17. The molecular weight excluding hydrogens is 366 g/mol. The van der Waals surface area contributed by atoms with Crippen LogP contribution in [0.4, 0.5) is 0 Å². The minimum Gasteiger partial charge on any atom is -0.481 e. The molecule has 6 heteroatoms. The zero-order chi connectivity index (χ0) is 18.3. The van der Waals surface area contributed by atoms with Crippen LogP contribution in [0.1, 0.15) is 18.4 Å². The molecule has 2 aliphatic rings. The van der Waals surface area contributed by atoms with Crippen molar-refractivity contribution in [3.8, 4) is 11.1 Å². The number of nitrogens with two attached hydrogens (primary N) is 1. The summed E-state index contributed by atoms with van der Waals surface area (Å²) >= 11 is 0. The number of fused-ring (bicyclic) bond motifs is 1. The molecule has 0 radical (unpaired) electrons. The number of carboxylic acid groups (broad SMARTS) is 1. The minimum absolute atomic E-state index is 0. The number of ether oxygens (including phenoxy) is 1. The van der Waals surface area contributed by atoms with Crippen LogP contribution < -0.4 is 5.73 Å². The first-order chi connectivity index (χ1) is 12.5. The van der Waals surface area contributed by atoms with E-state index in [9.17, 15) is 14.7 Å². The van der Waals surface area contributed by atoms with Crippen molar-refractivity contribution in [2.24, 2.45) is 23.5 Å². The molecule has 4 atom stereocenters. The Bertz CT molecular complexity index is 856. The molecule has 2 aromatic rings. The van der Waals surface area contributed by atoms with Crippen LogP contribution in [0.3, 0.4) is 0 Å². The first kappa shape index (κ1) is 19.4. The quantitative estimate of drug-likeness (QED) is 0.768. The summed E-state index contributed by atoms with van der Waals surface area (Å²) in [6.45, 7) is 0.123. The lowest BCUT2D eigenvalue weighted by atomic mass is 9.91. The number of aliphatic carboxylic acids is 1. The van der Waals surface area contributed by atoms with Crippen molar-refractivity contribution in [2.45, 2.75) is 25.0 Å². The normalized spacial score (nSPS) is 28.0. The maximum Gasteiger partial charge on any atom is 0.326 e. The van der Waals surface area contributed by atoms with Crippen molar-refractivity contribution in [3.63, 3.8) is 0 Å². The highest BCUT2D eigenvalue weighted by molar-refractivity contribution is 5.86. The Morgan fingerprint density at radius 2 is 1.78 bits per heavy atom. The number of esters is 1. The maximum absolute atomic E-state index is 12.7. The van der Waals surface area contributed by atoms with E-state index < -0.39 is 23.4 Å². The molecule has 0 aromatic heterocycles. The van der Waals surface area contributed by atoms with Gasteiger partial charge in [0.05, 0.1) is 5.92 Å². The molecule has 2 aromatic carbocycles. The molecule has 2 fully saturated rings. The number of halogens is 1. The van der Waals surface area contributed by atoms with Crippen LogP contribution in [0.25, 0.3) is 11.1 Å². The molecule has 4 rings (SSSR count). The third kappa shape index (κ3) is 3.33. The summed E-state index contributed by atoms with van der Waals surface area (Å²) < 4.78 is 5.55. The first-order valence-electron chi connectivity index (χ1n) is 8.84. The van der Waals surface area contributed by atoms with E-state index in [0.29, 0.717) is 12.8 Å². The molecule has 2 aliphatic carbocycles. The second-order valence-electron chi connectivity index (χ2n) is 7.23. The Kier molecular flexibility index (Phi) is 5.27. The monoisotopic (exact) mass is 387 g/mol. The molecular formula is C21H22ClNO4. The Morgan fingerprint density at radius 1 is 1.11 bits per heavy atom. The van der Waals surface area contributed by atoms with Gasteiger partial charge in [-0.1, -0.05) is 54.6 Å². The van der Waals surface area contributed by atoms with E-state index in [4.69, 9.17) is 10.5 Å². The molecule has 0 aliphatic heterocycles. The molecule has 27 heavy (non-hydrogen) atoms. The Balaban J connectivity index is 0.00000210. The fraction of sp³-hybridized carbons (Fsp3) is 0.333. The average Bonchev–Trinajstić information content (AvgIpc) is 3.31. The van der Waals surface area contributed by atoms with Gasteiger partial charge in [0.25, 0.3) is 0 Å². The topological polar surface area (TPSA) is 89.6 Å². The second-order valence-corrected chi connectivity index (χ2v) is 7.23. The molecule has 142 valence electrons. The van der Waals surface area contributed by atoms with Gasteiger partial charge in [-0.2, -0.15) is 0 Å². The zero-order valence-corrected chi connectivity index (χ0v) is 15.5. The van der Waals surface area contributed by atoms with Crippen LogP contribution in [0.2, 0.25) is 0 Å². The fourth-order valence-corrected chi connectivity index (χ4v) is 4.41. The van der Waals surface area contributed by atoms with Gasteiger partial charge in [-0.05, 0) is 35.4 Å². The van der Waals surface area contributed by atoms with Crippen molar-refractivity contribution in [1.82, 2.24) is 0 Å². The standard InChI is InChI=1S/C21H21NO4.ClH/c22-21(11-10-16-17(18(16)21)19(23)24)20(25)26-12-14-8-4-5-9-15(14)13-6-2-1-3-7-13;/h1-9,16-18H,10-12,22H2,(H,23,24);1H/t16-,17-,18-,21-;/m0./s1. The van der Waals surface area contributed by atoms with Gasteiger partial charge < -0.3 is 15.6 Å². The zero-order valence-electron chi connectivity index (χ0n) is 14.7. The van der Waals surface area contributed by atoms with Gasteiger partial charge >= 0.3 is 11.9 Å².